The number of hydrogen-bond acceptors (Lipinski definition) is 9. The van der Waals surface area contributed by atoms with Gasteiger partial charge in [-0.3, -0.25) is 0 Å². The zero-order chi connectivity index (χ0) is 43.5. The Kier molecular flexibility index (Phi) is 22.2. The van der Waals surface area contributed by atoms with Gasteiger partial charge >= 0.3 is 268 Å². The third-order valence-corrected chi connectivity index (χ3v) is 18.1. The Bertz CT molecular complexity index is 2120. The fraction of sp³-hybridized carbons (Fsp3) is 0.600. The van der Waals surface area contributed by atoms with Gasteiger partial charge in [-0.2, -0.15) is 0 Å². The molecule has 0 spiro atoms. The number of nitrogens with two attached hydrogens (primary N) is 1. The Morgan fingerprint density at radius 1 is 0.559 bits per heavy atom. The van der Waals surface area contributed by atoms with Crippen LogP contribution in [0.25, 0.3) is 0 Å². The fourth-order valence-corrected chi connectivity index (χ4v) is 14.7. The van der Waals surface area contributed by atoms with E-state index in [1.807, 2.05) is 0 Å². The second kappa shape index (κ2) is 25.6. The second-order valence-electron chi connectivity index (χ2n) is 16.1. The maximum absolute atomic E-state index is 15.1. The van der Waals surface area contributed by atoms with Crippen molar-refractivity contribution in [1.82, 2.24) is 0 Å². The molecule has 10 nitrogen and oxygen atoms in total. The van der Waals surface area contributed by atoms with E-state index in [1.165, 1.54) is 88.5 Å². The van der Waals surface area contributed by atoms with Crippen molar-refractivity contribution in [1.29, 1.82) is 0 Å². The van der Waals surface area contributed by atoms with Gasteiger partial charge in [0.1, 0.15) is 0 Å². The van der Waals surface area contributed by atoms with Gasteiger partial charge in [-0.25, -0.2) is 0 Å². The predicted octanol–water partition coefficient (Wildman–Crippen LogP) is 11.5. The zero-order valence-electron chi connectivity index (χ0n) is 35.8. The van der Waals surface area contributed by atoms with Gasteiger partial charge < -0.3 is 0 Å². The monoisotopic (exact) mass is 911 g/mol. The summed E-state index contributed by atoms with van der Waals surface area (Å²) in [5.41, 5.74) is 7.17. The van der Waals surface area contributed by atoms with Crippen molar-refractivity contribution in [3.63, 3.8) is 0 Å². The summed E-state index contributed by atoms with van der Waals surface area (Å²) in [7, 11) is -15.2. The number of hydrogen-bond donors (Lipinski definition) is 2. The van der Waals surface area contributed by atoms with Crippen LogP contribution < -0.4 is 5.73 Å². The van der Waals surface area contributed by atoms with Gasteiger partial charge in [0.2, 0.25) is 0 Å². The van der Waals surface area contributed by atoms with Crippen LogP contribution in [-0.4, -0.2) is 28.9 Å². The minimum atomic E-state index is -5.30. The van der Waals surface area contributed by atoms with E-state index in [2.05, 4.69) is 16.6 Å². The summed E-state index contributed by atoms with van der Waals surface area (Å²) in [5.74, 6) is -0.572. The van der Waals surface area contributed by atoms with Crippen molar-refractivity contribution in [2.45, 2.75) is 199 Å². The molecule has 0 atom stereocenters. The van der Waals surface area contributed by atoms with Crippen molar-refractivity contribution in [2.75, 3.05) is 5.73 Å². The van der Waals surface area contributed by atoms with Crippen molar-refractivity contribution >= 4 is 35.5 Å². The van der Waals surface area contributed by atoms with E-state index in [4.69, 9.17) is 5.73 Å². The van der Waals surface area contributed by atoms with Crippen LogP contribution in [0.5, 0.6) is 0 Å². The van der Waals surface area contributed by atoms with Crippen LogP contribution in [0.4, 0.5) is 5.69 Å². The van der Waals surface area contributed by atoms with Gasteiger partial charge in [0, 0.05) is 0 Å². The molecule has 0 radical (unpaired) electrons. The zero-order valence-corrected chi connectivity index (χ0v) is 39.9. The van der Waals surface area contributed by atoms with Crippen LogP contribution in [0, 0.1) is 0 Å². The number of sulfone groups is 2. The van der Waals surface area contributed by atoms with E-state index in [1.54, 1.807) is 38.1 Å². The topological polar surface area (TPSA) is 175 Å². The molecule has 0 saturated heterocycles. The first-order chi connectivity index (χ1) is 28.1. The van der Waals surface area contributed by atoms with Gasteiger partial charge in [0.15, 0.2) is 0 Å². The Balaban J connectivity index is 2.09. The standard InChI is InChI=1S/C45H69NO7S3.H2O.O.Ti/c1-5-7-9-11-13-15-17-19-21-23-29-37-31-25-27-33-40(37)54(47,48)44-42(56(51,52)53)35-39(36(3)4)43(46)45(44)55(49,50)41-34-28-26-32-38(41)30-24-22-20-18-16-14-12-10-8-6-2;;;/h25-28,31-36H,5-24,29-30,46H2,1-4H3,(H,51,52,53);1H2;;/q;;;+2/p-2. The molecule has 0 aromatic heterocycles. The van der Waals surface area contributed by atoms with Crippen LogP contribution >= 0.6 is 0 Å². The normalized spacial score (nSPS) is 12.4. The number of rotatable bonds is 30. The summed E-state index contributed by atoms with van der Waals surface area (Å²) in [6.07, 6.45) is 22.6. The summed E-state index contributed by atoms with van der Waals surface area (Å²) in [5, 5.41) is 0. The van der Waals surface area contributed by atoms with E-state index in [-0.39, 0.29) is 15.4 Å². The smallest absolute Gasteiger partial charge is 0.0654 e. The minimum absolute atomic E-state index is 0.0425. The van der Waals surface area contributed by atoms with Crippen molar-refractivity contribution < 1.29 is 53.6 Å². The number of unbranched alkanes of at least 4 members (excludes halogenated alkanes) is 18. The molecular formula is C45H69NO9S3Ti. The Hall–Kier alpha value is -2.26. The average molecular weight is 912 g/mol. The van der Waals surface area contributed by atoms with E-state index in [0.717, 1.165) is 57.4 Å². The van der Waals surface area contributed by atoms with Gasteiger partial charge in [0.25, 0.3) is 0 Å². The molecule has 3 rings (SSSR count). The maximum atomic E-state index is 15.1. The first-order valence-corrected chi connectivity index (χ1v) is 28.3. The van der Waals surface area contributed by atoms with Gasteiger partial charge in [0.05, 0.1) is 0 Å². The molecule has 3 aromatic carbocycles. The molecule has 0 fully saturated rings. The summed E-state index contributed by atoms with van der Waals surface area (Å²) in [4.78, 5) is -3.43. The molecule has 0 aliphatic rings. The van der Waals surface area contributed by atoms with Crippen LogP contribution in [0.2, 0.25) is 0 Å². The molecule has 3 aromatic rings. The summed E-state index contributed by atoms with van der Waals surface area (Å²) >= 11 is -4.88. The quantitative estimate of drug-likeness (QED) is 0.0372. The van der Waals surface area contributed by atoms with Gasteiger partial charge in [-0.15, -0.1) is 0 Å². The van der Waals surface area contributed by atoms with Crippen LogP contribution in [0.3, 0.4) is 0 Å². The average Bonchev–Trinajstić information content (AvgIpc) is 3.18. The number of anilines is 1. The molecule has 0 unspecified atom stereocenters. The predicted molar refractivity (Wildman–Crippen MR) is 231 cm³/mol. The van der Waals surface area contributed by atoms with Gasteiger partial charge in [-0.1, -0.05) is 97.3 Å². The molecular weight excluding hydrogens is 843 g/mol. The molecule has 0 aliphatic heterocycles. The molecule has 3 N–H and O–H groups in total. The number of benzene rings is 3. The van der Waals surface area contributed by atoms with E-state index >= 15 is 16.8 Å². The first kappa shape index (κ1) is 51.1. The first-order valence-electron chi connectivity index (χ1n) is 21.9. The van der Waals surface area contributed by atoms with E-state index in [9.17, 15) is 15.4 Å². The number of aryl methyl sites for hydroxylation is 2. The molecule has 330 valence electrons. The van der Waals surface area contributed by atoms with Crippen molar-refractivity contribution in [3.8, 4) is 0 Å². The SMILES string of the molecule is CCCCCCCCCCCCc1ccccc1S(=O)(=O)c1c(S(=O)(=O)[O][Ti](=[O])[OH])cc(C(C)C)c(N)c1S(=O)(=O)c1ccccc1CCCCCCCCCCCC. The molecule has 0 amide bonds. The molecule has 59 heavy (non-hydrogen) atoms. The Morgan fingerprint density at radius 2 is 0.915 bits per heavy atom. The molecule has 0 saturated carbocycles. The second-order valence-corrected chi connectivity index (χ2v) is 22.9. The fourth-order valence-electron chi connectivity index (χ4n) is 7.74. The Labute approximate surface area is 363 Å². The van der Waals surface area contributed by atoms with Gasteiger partial charge in [-0.05, 0) is 0 Å². The Morgan fingerprint density at radius 3 is 1.29 bits per heavy atom. The molecule has 0 bridgehead atoms. The van der Waals surface area contributed by atoms with Crippen molar-refractivity contribution in [2.24, 2.45) is 0 Å². The van der Waals surface area contributed by atoms with Crippen molar-refractivity contribution in [3.05, 3.63) is 71.3 Å². The number of nitrogen functional groups attached to an aromatic ring is 1. The van der Waals surface area contributed by atoms with Crippen LogP contribution in [0.15, 0.2) is 79.1 Å². The molecule has 0 aliphatic carbocycles. The van der Waals surface area contributed by atoms with Crippen LogP contribution in [-0.2, 0) is 67.3 Å². The van der Waals surface area contributed by atoms with E-state index < -0.39 is 74.7 Å². The summed E-state index contributed by atoms with van der Waals surface area (Å²) in [6, 6.07) is 13.4. The van der Waals surface area contributed by atoms with E-state index in [0.29, 0.717) is 36.8 Å². The summed E-state index contributed by atoms with van der Waals surface area (Å²) < 4.78 is 114. The molecule has 14 heteroatoms. The van der Waals surface area contributed by atoms with Crippen LogP contribution in [0.1, 0.15) is 179 Å². The third-order valence-electron chi connectivity index (χ3n) is 11.0. The third kappa shape index (κ3) is 15.3. The molecule has 0 heterocycles. The summed E-state index contributed by atoms with van der Waals surface area (Å²) in [6.45, 7) is 7.71. The minimum Gasteiger partial charge on any atom is -0.0654 e.